The zero-order valence-corrected chi connectivity index (χ0v) is 20.7. The maximum atomic E-state index is 11.4. The molecule has 2 aliphatic carbocycles. The SMILES string of the molecule is C=CC(O)(C/C=C/[C@H]1[C@H]2CC(CCCCCc3ccccc3C(=O)O)=C[C@H]2C[C@H]1O)CCCC. The summed E-state index contributed by atoms with van der Waals surface area (Å²) in [7, 11) is 0. The van der Waals surface area contributed by atoms with Gasteiger partial charge in [0, 0.05) is 5.92 Å². The Bertz CT molecular complexity index is 886. The van der Waals surface area contributed by atoms with Crippen molar-refractivity contribution in [3.63, 3.8) is 0 Å². The van der Waals surface area contributed by atoms with Crippen molar-refractivity contribution in [3.8, 4) is 0 Å². The maximum Gasteiger partial charge on any atom is 0.335 e. The van der Waals surface area contributed by atoms with Gasteiger partial charge < -0.3 is 15.3 Å². The van der Waals surface area contributed by atoms with Crippen molar-refractivity contribution in [3.05, 3.63) is 71.8 Å². The summed E-state index contributed by atoms with van der Waals surface area (Å²) in [6.45, 7) is 5.94. The van der Waals surface area contributed by atoms with Crippen molar-refractivity contribution in [1.82, 2.24) is 0 Å². The number of carboxylic acids is 1. The summed E-state index contributed by atoms with van der Waals surface area (Å²) < 4.78 is 0. The smallest absolute Gasteiger partial charge is 0.335 e. The van der Waals surface area contributed by atoms with Gasteiger partial charge in [0.1, 0.15) is 0 Å². The van der Waals surface area contributed by atoms with E-state index in [1.165, 1.54) is 5.57 Å². The molecule has 0 heterocycles. The summed E-state index contributed by atoms with van der Waals surface area (Å²) in [6, 6.07) is 7.29. The van der Waals surface area contributed by atoms with Crippen molar-refractivity contribution in [2.75, 3.05) is 0 Å². The molecule has 1 fully saturated rings. The topological polar surface area (TPSA) is 77.8 Å². The van der Waals surface area contributed by atoms with E-state index in [0.29, 0.717) is 23.8 Å². The number of unbranched alkanes of at least 4 members (excludes halogenated alkanes) is 3. The number of aromatic carboxylic acids is 1. The molecular weight excluding hydrogens is 424 g/mol. The molecule has 0 spiro atoms. The van der Waals surface area contributed by atoms with Crippen LogP contribution < -0.4 is 0 Å². The van der Waals surface area contributed by atoms with E-state index in [1.54, 1.807) is 18.2 Å². The number of rotatable bonds is 14. The number of fused-ring (bicyclic) bond motifs is 1. The standard InChI is InChI=1S/C30H42O4/c1-3-5-17-30(34,4-2)18-11-16-26-27-20-22(19-24(27)21-28(26)31)12-7-6-8-13-23-14-9-10-15-25(23)29(32)33/h4,9-11,14-16,19,24,26-28,31,34H,2-3,5-8,12-13,17-18,20-21H2,1H3,(H,32,33)/b16-11+/t24-,26-,27-,28+,30?/m0/s1. The number of hydrogen-bond donors (Lipinski definition) is 3. The van der Waals surface area contributed by atoms with Crippen LogP contribution in [0.1, 0.15) is 87.1 Å². The van der Waals surface area contributed by atoms with E-state index in [1.807, 2.05) is 12.1 Å². The fourth-order valence-electron chi connectivity index (χ4n) is 5.78. The van der Waals surface area contributed by atoms with Gasteiger partial charge in [-0.05, 0) is 74.8 Å². The normalized spacial score (nSPS) is 25.8. The van der Waals surface area contributed by atoms with Crippen LogP contribution in [0.2, 0.25) is 0 Å². The van der Waals surface area contributed by atoms with Crippen molar-refractivity contribution < 1.29 is 20.1 Å². The van der Waals surface area contributed by atoms with Crippen LogP contribution in [0.5, 0.6) is 0 Å². The summed E-state index contributed by atoms with van der Waals surface area (Å²) in [5.74, 6) is 0.238. The Morgan fingerprint density at radius 3 is 2.68 bits per heavy atom. The number of benzene rings is 1. The molecule has 5 atom stereocenters. The molecule has 0 amide bonds. The van der Waals surface area contributed by atoms with Gasteiger partial charge in [0.05, 0.1) is 17.3 Å². The quantitative estimate of drug-likeness (QED) is 0.216. The summed E-state index contributed by atoms with van der Waals surface area (Å²) in [4.78, 5) is 11.4. The zero-order chi connectivity index (χ0) is 24.6. The van der Waals surface area contributed by atoms with Crippen LogP contribution in [-0.2, 0) is 6.42 Å². The molecule has 0 aromatic heterocycles. The molecule has 1 saturated carbocycles. The Kier molecular flexibility index (Phi) is 9.73. The largest absolute Gasteiger partial charge is 0.478 e. The second-order valence-electron chi connectivity index (χ2n) is 10.3. The first-order valence-electron chi connectivity index (χ1n) is 13.1. The average molecular weight is 467 g/mol. The first kappa shape index (κ1) is 26.4. The summed E-state index contributed by atoms with van der Waals surface area (Å²) >= 11 is 0. The lowest BCUT2D eigenvalue weighted by molar-refractivity contribution is 0.0695. The van der Waals surface area contributed by atoms with Gasteiger partial charge in [0.2, 0.25) is 0 Å². The van der Waals surface area contributed by atoms with Gasteiger partial charge in [0.15, 0.2) is 0 Å². The van der Waals surface area contributed by atoms with E-state index in [9.17, 15) is 20.1 Å². The molecule has 0 saturated heterocycles. The van der Waals surface area contributed by atoms with Gasteiger partial charge in [-0.2, -0.15) is 0 Å². The van der Waals surface area contributed by atoms with Gasteiger partial charge in [-0.1, -0.05) is 74.3 Å². The molecule has 0 aliphatic heterocycles. The Hall–Kier alpha value is -2.17. The molecule has 0 bridgehead atoms. The Balaban J connectivity index is 1.43. The predicted molar refractivity (Wildman–Crippen MR) is 138 cm³/mol. The van der Waals surface area contributed by atoms with Crippen LogP contribution in [-0.4, -0.2) is 33.0 Å². The fraction of sp³-hybridized carbons (Fsp3) is 0.567. The van der Waals surface area contributed by atoms with Gasteiger partial charge in [-0.15, -0.1) is 6.58 Å². The van der Waals surface area contributed by atoms with Crippen LogP contribution in [0.25, 0.3) is 0 Å². The van der Waals surface area contributed by atoms with Crippen LogP contribution in [0.15, 0.2) is 60.7 Å². The van der Waals surface area contributed by atoms with Crippen molar-refractivity contribution in [2.24, 2.45) is 17.8 Å². The molecule has 2 aliphatic rings. The van der Waals surface area contributed by atoms with E-state index >= 15 is 0 Å². The van der Waals surface area contributed by atoms with E-state index in [0.717, 1.165) is 69.8 Å². The highest BCUT2D eigenvalue weighted by Crippen LogP contribution is 2.48. The van der Waals surface area contributed by atoms with E-state index in [2.05, 4.69) is 31.7 Å². The lowest BCUT2D eigenvalue weighted by Crippen LogP contribution is -2.24. The Morgan fingerprint density at radius 2 is 1.94 bits per heavy atom. The molecule has 186 valence electrons. The summed E-state index contributed by atoms with van der Waals surface area (Å²) in [6.07, 6.45) is 18.3. The van der Waals surface area contributed by atoms with Gasteiger partial charge in [-0.3, -0.25) is 0 Å². The molecule has 1 aromatic rings. The molecule has 1 unspecified atom stereocenters. The number of allylic oxidation sites excluding steroid dienone is 2. The first-order chi connectivity index (χ1) is 16.4. The number of carbonyl (C=O) groups is 1. The monoisotopic (exact) mass is 466 g/mol. The van der Waals surface area contributed by atoms with Crippen molar-refractivity contribution in [2.45, 2.75) is 89.3 Å². The number of aliphatic hydroxyl groups is 2. The van der Waals surface area contributed by atoms with E-state index in [4.69, 9.17) is 0 Å². The van der Waals surface area contributed by atoms with E-state index < -0.39 is 11.6 Å². The van der Waals surface area contributed by atoms with Crippen molar-refractivity contribution in [1.29, 1.82) is 0 Å². The highest BCUT2D eigenvalue weighted by molar-refractivity contribution is 5.89. The molecule has 34 heavy (non-hydrogen) atoms. The minimum atomic E-state index is -0.848. The second-order valence-corrected chi connectivity index (χ2v) is 10.3. The molecular formula is C30H42O4. The predicted octanol–water partition coefficient (Wildman–Crippen LogP) is 6.48. The fourth-order valence-corrected chi connectivity index (χ4v) is 5.78. The molecule has 4 heteroatoms. The van der Waals surface area contributed by atoms with Crippen LogP contribution in [0, 0.1) is 17.8 Å². The first-order valence-corrected chi connectivity index (χ1v) is 13.1. The third-order valence-corrected chi connectivity index (χ3v) is 7.81. The Morgan fingerprint density at radius 1 is 1.18 bits per heavy atom. The number of aliphatic hydroxyl groups excluding tert-OH is 1. The Labute approximate surface area is 205 Å². The summed E-state index contributed by atoms with van der Waals surface area (Å²) in [5, 5.41) is 30.6. The van der Waals surface area contributed by atoms with Gasteiger partial charge >= 0.3 is 5.97 Å². The molecule has 3 rings (SSSR count). The third-order valence-electron chi connectivity index (χ3n) is 7.81. The maximum absolute atomic E-state index is 11.4. The van der Waals surface area contributed by atoms with Crippen molar-refractivity contribution >= 4 is 5.97 Å². The van der Waals surface area contributed by atoms with Crippen LogP contribution in [0.4, 0.5) is 0 Å². The second kappa shape index (κ2) is 12.5. The number of carboxylic acid groups (broad SMARTS) is 1. The number of hydrogen-bond acceptors (Lipinski definition) is 3. The third kappa shape index (κ3) is 6.93. The highest BCUT2D eigenvalue weighted by atomic mass is 16.4. The zero-order valence-electron chi connectivity index (χ0n) is 20.7. The average Bonchev–Trinajstić information content (AvgIpc) is 3.34. The highest BCUT2D eigenvalue weighted by Gasteiger charge is 2.43. The lowest BCUT2D eigenvalue weighted by atomic mass is 9.87. The van der Waals surface area contributed by atoms with E-state index in [-0.39, 0.29) is 12.0 Å². The minimum absolute atomic E-state index is 0.159. The molecule has 4 nitrogen and oxygen atoms in total. The van der Waals surface area contributed by atoms with Gasteiger partial charge in [-0.25, -0.2) is 4.79 Å². The molecule has 0 radical (unpaired) electrons. The minimum Gasteiger partial charge on any atom is -0.478 e. The molecule has 3 N–H and O–H groups in total. The molecule has 1 aromatic carbocycles. The van der Waals surface area contributed by atoms with Crippen LogP contribution >= 0.6 is 0 Å². The van der Waals surface area contributed by atoms with Crippen LogP contribution in [0.3, 0.4) is 0 Å². The summed E-state index contributed by atoms with van der Waals surface area (Å²) in [5.41, 5.74) is 2.01. The number of aryl methyl sites for hydroxylation is 1. The van der Waals surface area contributed by atoms with Gasteiger partial charge in [0.25, 0.3) is 0 Å². The lowest BCUT2D eigenvalue weighted by Gasteiger charge is -2.23.